The molecule has 2 N–H and O–H groups in total. The normalized spacial score (nSPS) is 15.5. The average molecular weight is 498 g/mol. The fourth-order valence-corrected chi connectivity index (χ4v) is 4.51. The summed E-state index contributed by atoms with van der Waals surface area (Å²) in [4.78, 5) is 53.7. The monoisotopic (exact) mass is 497 g/mol. The topological polar surface area (TPSA) is 95.6 Å². The molecule has 3 aromatic rings. The molecule has 3 aromatic carbocycles. The predicted molar refractivity (Wildman–Crippen MR) is 140 cm³/mol. The van der Waals surface area contributed by atoms with Crippen molar-refractivity contribution >= 4 is 23.5 Å². The minimum Gasteiger partial charge on any atom is -0.349 e. The van der Waals surface area contributed by atoms with Crippen LogP contribution in [0.5, 0.6) is 0 Å². The number of hydrogen-bond donors (Lipinski definition) is 2. The van der Waals surface area contributed by atoms with Crippen molar-refractivity contribution in [2.24, 2.45) is 0 Å². The van der Waals surface area contributed by atoms with Gasteiger partial charge in [0.05, 0.1) is 0 Å². The average Bonchev–Trinajstić information content (AvgIpc) is 3.38. The first-order valence-electron chi connectivity index (χ1n) is 12.5. The van der Waals surface area contributed by atoms with E-state index in [0.717, 1.165) is 16.7 Å². The van der Waals surface area contributed by atoms with Crippen molar-refractivity contribution in [3.63, 3.8) is 0 Å². The van der Waals surface area contributed by atoms with E-state index in [1.54, 1.807) is 0 Å². The smallest absolute Gasteiger partial charge is 0.289 e. The largest absolute Gasteiger partial charge is 0.349 e. The van der Waals surface area contributed by atoms with Gasteiger partial charge in [-0.1, -0.05) is 91.0 Å². The highest BCUT2D eigenvalue weighted by Crippen LogP contribution is 2.19. The Kier molecular flexibility index (Phi) is 8.81. The van der Waals surface area contributed by atoms with E-state index in [1.165, 1.54) is 4.90 Å². The summed E-state index contributed by atoms with van der Waals surface area (Å²) in [6.45, 7) is 0.449. The van der Waals surface area contributed by atoms with E-state index in [2.05, 4.69) is 10.6 Å². The van der Waals surface area contributed by atoms with Gasteiger partial charge in [0.1, 0.15) is 12.1 Å². The Labute approximate surface area is 216 Å². The summed E-state index contributed by atoms with van der Waals surface area (Å²) >= 11 is 0. The summed E-state index contributed by atoms with van der Waals surface area (Å²) in [5.41, 5.74) is 2.71. The van der Waals surface area contributed by atoms with Crippen molar-refractivity contribution in [2.75, 3.05) is 6.54 Å². The predicted octanol–water partition coefficient (Wildman–Crippen LogP) is 2.83. The molecule has 4 rings (SSSR count). The third-order valence-corrected chi connectivity index (χ3v) is 6.49. The van der Waals surface area contributed by atoms with Gasteiger partial charge in [0.2, 0.25) is 17.6 Å². The molecule has 1 fully saturated rings. The van der Waals surface area contributed by atoms with Gasteiger partial charge in [-0.05, 0) is 29.5 Å². The van der Waals surface area contributed by atoms with Crippen molar-refractivity contribution in [3.05, 3.63) is 108 Å². The molecule has 1 aliphatic heterocycles. The van der Waals surface area contributed by atoms with Crippen LogP contribution in [0.15, 0.2) is 91.0 Å². The standard InChI is InChI=1S/C30H31N3O4/c34-27-17-16-25(32-27)30(37)33(21-24-14-8-3-9-15-24)26(20-23-12-6-2-7-13-23)28(35)29(36)31-19-18-22-10-4-1-5-11-22/h1-15,25-26H,16-21H2,(H,31,36)(H,32,34). The van der Waals surface area contributed by atoms with Gasteiger partial charge >= 0.3 is 0 Å². The number of nitrogens with zero attached hydrogens (tertiary/aromatic N) is 1. The highest BCUT2D eigenvalue weighted by Gasteiger charge is 2.38. The van der Waals surface area contributed by atoms with Crippen LogP contribution in [-0.4, -0.2) is 47.0 Å². The van der Waals surface area contributed by atoms with Crippen LogP contribution < -0.4 is 10.6 Å². The number of Topliss-reactive ketones (excluding diaryl/α,β-unsaturated/α-hetero) is 1. The quantitative estimate of drug-likeness (QED) is 0.398. The second kappa shape index (κ2) is 12.6. The Morgan fingerprint density at radius 3 is 1.97 bits per heavy atom. The lowest BCUT2D eigenvalue weighted by Gasteiger charge is -2.33. The third-order valence-electron chi connectivity index (χ3n) is 6.49. The zero-order valence-electron chi connectivity index (χ0n) is 20.6. The van der Waals surface area contributed by atoms with Gasteiger partial charge in [-0.25, -0.2) is 0 Å². The minimum absolute atomic E-state index is 0.145. The zero-order chi connectivity index (χ0) is 26.0. The lowest BCUT2D eigenvalue weighted by Crippen LogP contribution is -2.55. The van der Waals surface area contributed by atoms with E-state index < -0.39 is 23.8 Å². The minimum atomic E-state index is -1.02. The summed E-state index contributed by atoms with van der Waals surface area (Å²) in [5, 5.41) is 5.45. The Hall–Kier alpha value is -4.26. The van der Waals surface area contributed by atoms with Crippen LogP contribution in [0, 0.1) is 0 Å². The zero-order valence-corrected chi connectivity index (χ0v) is 20.6. The number of amides is 3. The highest BCUT2D eigenvalue weighted by atomic mass is 16.2. The van der Waals surface area contributed by atoms with Crippen molar-refractivity contribution < 1.29 is 19.2 Å². The van der Waals surface area contributed by atoms with Gasteiger partial charge < -0.3 is 15.5 Å². The van der Waals surface area contributed by atoms with E-state index in [1.807, 2.05) is 91.0 Å². The second-order valence-corrected chi connectivity index (χ2v) is 9.17. The maximum Gasteiger partial charge on any atom is 0.289 e. The van der Waals surface area contributed by atoms with Gasteiger partial charge in [-0.3, -0.25) is 19.2 Å². The summed E-state index contributed by atoms with van der Waals surface area (Å²) in [6, 6.07) is 26.6. The molecule has 0 bridgehead atoms. The highest BCUT2D eigenvalue weighted by molar-refractivity contribution is 6.38. The molecule has 0 aliphatic carbocycles. The number of ketones is 1. The van der Waals surface area contributed by atoms with Crippen LogP contribution in [0.2, 0.25) is 0 Å². The SMILES string of the molecule is O=C1CCC(C(=O)N(Cc2ccccc2)C(Cc2ccccc2)C(=O)C(=O)NCCc2ccccc2)N1. The van der Waals surface area contributed by atoms with E-state index >= 15 is 0 Å². The molecule has 0 radical (unpaired) electrons. The van der Waals surface area contributed by atoms with Gasteiger partial charge in [0.25, 0.3) is 5.91 Å². The fraction of sp³-hybridized carbons (Fsp3) is 0.267. The van der Waals surface area contributed by atoms with Crippen LogP contribution >= 0.6 is 0 Å². The number of carbonyl (C=O) groups excluding carboxylic acids is 4. The number of carbonyl (C=O) groups is 4. The molecule has 190 valence electrons. The molecular formula is C30H31N3O4. The molecule has 0 saturated carbocycles. The summed E-state index contributed by atoms with van der Waals surface area (Å²) in [5.74, 6) is -1.95. The molecule has 1 saturated heterocycles. The van der Waals surface area contributed by atoms with Gasteiger partial charge in [-0.2, -0.15) is 0 Å². The molecule has 3 amide bonds. The van der Waals surface area contributed by atoms with E-state index in [9.17, 15) is 19.2 Å². The number of hydrogen-bond acceptors (Lipinski definition) is 4. The fourth-order valence-electron chi connectivity index (χ4n) is 4.51. The number of benzene rings is 3. The molecule has 1 heterocycles. The lowest BCUT2D eigenvalue weighted by molar-refractivity contribution is -0.147. The number of nitrogens with one attached hydrogen (secondary N) is 2. The molecule has 7 nitrogen and oxygen atoms in total. The molecule has 0 aromatic heterocycles. The van der Waals surface area contributed by atoms with Crippen molar-refractivity contribution in [1.82, 2.24) is 15.5 Å². The molecule has 1 aliphatic rings. The lowest BCUT2D eigenvalue weighted by atomic mass is 9.98. The van der Waals surface area contributed by atoms with E-state index in [0.29, 0.717) is 19.4 Å². The first-order chi connectivity index (χ1) is 18.0. The Balaban J connectivity index is 1.58. The molecule has 37 heavy (non-hydrogen) atoms. The number of rotatable bonds is 11. The van der Waals surface area contributed by atoms with E-state index in [4.69, 9.17) is 0 Å². The molecule has 0 spiro atoms. The van der Waals surface area contributed by atoms with Crippen LogP contribution in [-0.2, 0) is 38.6 Å². The van der Waals surface area contributed by atoms with Gasteiger partial charge in [0, 0.05) is 25.9 Å². The van der Waals surface area contributed by atoms with Crippen LogP contribution in [0.4, 0.5) is 0 Å². The Morgan fingerprint density at radius 2 is 1.41 bits per heavy atom. The van der Waals surface area contributed by atoms with Crippen LogP contribution in [0.3, 0.4) is 0 Å². The Morgan fingerprint density at radius 1 is 0.838 bits per heavy atom. The molecule has 7 heteroatoms. The van der Waals surface area contributed by atoms with Gasteiger partial charge in [0.15, 0.2) is 0 Å². The van der Waals surface area contributed by atoms with Crippen LogP contribution in [0.1, 0.15) is 29.5 Å². The van der Waals surface area contributed by atoms with Crippen LogP contribution in [0.25, 0.3) is 0 Å². The van der Waals surface area contributed by atoms with Crippen molar-refractivity contribution in [1.29, 1.82) is 0 Å². The summed E-state index contributed by atoms with van der Waals surface area (Å²) < 4.78 is 0. The van der Waals surface area contributed by atoms with E-state index in [-0.39, 0.29) is 31.2 Å². The van der Waals surface area contributed by atoms with Gasteiger partial charge in [-0.15, -0.1) is 0 Å². The summed E-state index contributed by atoms with van der Waals surface area (Å²) in [7, 11) is 0. The second-order valence-electron chi connectivity index (χ2n) is 9.17. The third kappa shape index (κ3) is 7.13. The summed E-state index contributed by atoms with van der Waals surface area (Å²) in [6.07, 6.45) is 1.39. The maximum atomic E-state index is 13.7. The van der Waals surface area contributed by atoms with Crippen molar-refractivity contribution in [2.45, 2.75) is 44.3 Å². The van der Waals surface area contributed by atoms with Crippen molar-refractivity contribution in [3.8, 4) is 0 Å². The molecule has 2 atom stereocenters. The first kappa shape index (κ1) is 25.8. The maximum absolute atomic E-state index is 13.7. The molecular weight excluding hydrogens is 466 g/mol. The molecule has 2 unspecified atom stereocenters. The first-order valence-corrected chi connectivity index (χ1v) is 12.5. The Bertz CT molecular complexity index is 1220.